The van der Waals surface area contributed by atoms with Crippen LogP contribution in [0.1, 0.15) is 29.4 Å². The number of likely N-dealkylation sites (N-methyl/N-ethyl adjacent to an activating group) is 1. The van der Waals surface area contributed by atoms with Gasteiger partial charge in [-0.25, -0.2) is 14.5 Å². The third-order valence-electron chi connectivity index (χ3n) is 5.15. The van der Waals surface area contributed by atoms with Crippen molar-refractivity contribution in [3.63, 3.8) is 0 Å². The predicted octanol–water partition coefficient (Wildman–Crippen LogP) is 2.06. The molecule has 0 saturated carbocycles. The minimum absolute atomic E-state index is 0.167. The first-order valence-corrected chi connectivity index (χ1v) is 10.2. The average Bonchev–Trinajstić information content (AvgIpc) is 3.43. The summed E-state index contributed by atoms with van der Waals surface area (Å²) in [6.07, 6.45) is 3.69. The SMILES string of the molecule is CCOC(=O)c1cc(-n2cccn2)cc(-c2cccc(C#CC3(O)CCN(C)C3=O)c2)n1. The number of aliphatic hydroxyl groups is 1. The molecule has 1 unspecified atom stereocenters. The molecule has 0 radical (unpaired) electrons. The molecule has 0 aliphatic carbocycles. The van der Waals surface area contributed by atoms with E-state index in [2.05, 4.69) is 21.9 Å². The van der Waals surface area contributed by atoms with Crippen LogP contribution in [0.3, 0.4) is 0 Å². The highest BCUT2D eigenvalue weighted by Crippen LogP contribution is 2.24. The molecule has 162 valence electrons. The molecule has 3 heterocycles. The van der Waals surface area contributed by atoms with E-state index in [-0.39, 0.29) is 18.7 Å². The second-order valence-corrected chi connectivity index (χ2v) is 7.43. The minimum Gasteiger partial charge on any atom is -0.461 e. The van der Waals surface area contributed by atoms with Crippen LogP contribution in [0.15, 0.2) is 54.9 Å². The number of benzene rings is 1. The molecule has 0 spiro atoms. The Hall–Kier alpha value is -3.96. The Labute approximate surface area is 185 Å². The van der Waals surface area contributed by atoms with E-state index in [1.165, 1.54) is 4.90 Å². The molecule has 32 heavy (non-hydrogen) atoms. The number of aromatic nitrogens is 3. The van der Waals surface area contributed by atoms with Crippen LogP contribution in [-0.4, -0.2) is 62.4 Å². The molecule has 1 atom stereocenters. The predicted molar refractivity (Wildman–Crippen MR) is 117 cm³/mol. The smallest absolute Gasteiger partial charge is 0.357 e. The lowest BCUT2D eigenvalue weighted by atomic mass is 10.0. The largest absolute Gasteiger partial charge is 0.461 e. The fraction of sp³-hybridized carbons (Fsp3) is 0.250. The molecule has 1 N–H and O–H groups in total. The summed E-state index contributed by atoms with van der Waals surface area (Å²) in [4.78, 5) is 30.4. The average molecular weight is 430 g/mol. The van der Waals surface area contributed by atoms with Gasteiger partial charge >= 0.3 is 5.97 Å². The lowest BCUT2D eigenvalue weighted by Crippen LogP contribution is -2.37. The number of hydrogen-bond donors (Lipinski definition) is 1. The van der Waals surface area contributed by atoms with E-state index in [1.54, 1.807) is 61.4 Å². The van der Waals surface area contributed by atoms with E-state index in [0.29, 0.717) is 23.5 Å². The van der Waals surface area contributed by atoms with E-state index < -0.39 is 17.5 Å². The molecular weight excluding hydrogens is 408 g/mol. The number of likely N-dealkylation sites (tertiary alicyclic amines) is 1. The first-order chi connectivity index (χ1) is 15.4. The van der Waals surface area contributed by atoms with Gasteiger partial charge in [-0.3, -0.25) is 4.79 Å². The number of nitrogens with zero attached hydrogens (tertiary/aromatic N) is 4. The number of ether oxygens (including phenoxy) is 1. The van der Waals surface area contributed by atoms with Crippen molar-refractivity contribution in [1.82, 2.24) is 19.7 Å². The molecule has 8 heteroatoms. The fourth-order valence-corrected chi connectivity index (χ4v) is 3.43. The molecule has 1 aliphatic heterocycles. The molecule has 4 rings (SSSR count). The zero-order valence-electron chi connectivity index (χ0n) is 17.8. The number of pyridine rings is 1. The highest BCUT2D eigenvalue weighted by molar-refractivity contribution is 5.90. The lowest BCUT2D eigenvalue weighted by Gasteiger charge is -2.13. The van der Waals surface area contributed by atoms with Crippen molar-refractivity contribution in [3.05, 3.63) is 66.1 Å². The Morgan fingerprint density at radius 1 is 1.28 bits per heavy atom. The quantitative estimate of drug-likeness (QED) is 0.503. The molecule has 8 nitrogen and oxygen atoms in total. The van der Waals surface area contributed by atoms with Crippen molar-refractivity contribution < 1.29 is 19.4 Å². The first kappa shape index (κ1) is 21.3. The van der Waals surface area contributed by atoms with Crippen LogP contribution in [0.5, 0.6) is 0 Å². The van der Waals surface area contributed by atoms with Gasteiger partial charge in [0.2, 0.25) is 5.60 Å². The van der Waals surface area contributed by atoms with E-state index >= 15 is 0 Å². The molecule has 1 fully saturated rings. The highest BCUT2D eigenvalue weighted by Gasteiger charge is 2.42. The summed E-state index contributed by atoms with van der Waals surface area (Å²) in [5, 5.41) is 14.8. The maximum Gasteiger partial charge on any atom is 0.357 e. The Kier molecular flexibility index (Phi) is 5.75. The van der Waals surface area contributed by atoms with Crippen LogP contribution < -0.4 is 0 Å². The van der Waals surface area contributed by atoms with Gasteiger partial charge in [0.25, 0.3) is 5.91 Å². The molecule has 0 bridgehead atoms. The molecule has 1 amide bonds. The van der Waals surface area contributed by atoms with Gasteiger partial charge < -0.3 is 14.7 Å². The van der Waals surface area contributed by atoms with Crippen molar-refractivity contribution >= 4 is 11.9 Å². The molecule has 1 aliphatic rings. The number of carbonyl (C=O) groups is 2. The van der Waals surface area contributed by atoms with Crippen LogP contribution in [0, 0.1) is 11.8 Å². The normalized spacial score (nSPS) is 17.7. The topological polar surface area (TPSA) is 97.5 Å². The van der Waals surface area contributed by atoms with Gasteiger partial charge in [-0.15, -0.1) is 0 Å². The van der Waals surface area contributed by atoms with Gasteiger partial charge in [-0.2, -0.15) is 5.10 Å². The van der Waals surface area contributed by atoms with Crippen LogP contribution >= 0.6 is 0 Å². The summed E-state index contributed by atoms with van der Waals surface area (Å²) in [6, 6.07) is 12.4. The first-order valence-electron chi connectivity index (χ1n) is 10.2. The van der Waals surface area contributed by atoms with Crippen LogP contribution in [0.25, 0.3) is 16.9 Å². The number of esters is 1. The number of amides is 1. The van der Waals surface area contributed by atoms with Crippen LogP contribution in [-0.2, 0) is 9.53 Å². The van der Waals surface area contributed by atoms with Crippen molar-refractivity contribution in [2.24, 2.45) is 0 Å². The molecule has 1 saturated heterocycles. The fourth-order valence-electron chi connectivity index (χ4n) is 3.43. The van der Waals surface area contributed by atoms with Gasteiger partial charge in [0, 0.05) is 43.5 Å². The molecule has 1 aromatic carbocycles. The van der Waals surface area contributed by atoms with Crippen molar-refractivity contribution in [3.8, 4) is 28.8 Å². The van der Waals surface area contributed by atoms with Crippen molar-refractivity contribution in [2.75, 3.05) is 20.2 Å². The molecule has 3 aromatic rings. The summed E-state index contributed by atoms with van der Waals surface area (Å²) in [5.74, 6) is 4.70. The highest BCUT2D eigenvalue weighted by atomic mass is 16.5. The summed E-state index contributed by atoms with van der Waals surface area (Å²) >= 11 is 0. The monoisotopic (exact) mass is 430 g/mol. The summed E-state index contributed by atoms with van der Waals surface area (Å²) in [7, 11) is 1.64. The van der Waals surface area contributed by atoms with Gasteiger partial charge in [0.1, 0.15) is 0 Å². The van der Waals surface area contributed by atoms with Crippen molar-refractivity contribution in [2.45, 2.75) is 18.9 Å². The summed E-state index contributed by atoms with van der Waals surface area (Å²) in [5.41, 5.74) is 1.04. The minimum atomic E-state index is -1.67. The summed E-state index contributed by atoms with van der Waals surface area (Å²) < 4.78 is 6.76. The maximum absolute atomic E-state index is 12.4. The zero-order valence-corrected chi connectivity index (χ0v) is 17.8. The Balaban J connectivity index is 1.72. The Morgan fingerprint density at radius 2 is 2.12 bits per heavy atom. The molecular formula is C24H22N4O4. The van der Waals surface area contributed by atoms with E-state index in [9.17, 15) is 14.7 Å². The van der Waals surface area contributed by atoms with Gasteiger partial charge in [0.05, 0.1) is 18.0 Å². The van der Waals surface area contributed by atoms with Gasteiger partial charge in [0.15, 0.2) is 5.69 Å². The van der Waals surface area contributed by atoms with E-state index in [1.807, 2.05) is 12.1 Å². The third-order valence-corrected chi connectivity index (χ3v) is 5.15. The second-order valence-electron chi connectivity index (χ2n) is 7.43. The number of rotatable bonds is 4. The second kappa shape index (κ2) is 8.65. The summed E-state index contributed by atoms with van der Waals surface area (Å²) in [6.45, 7) is 2.44. The van der Waals surface area contributed by atoms with Gasteiger partial charge in [-0.05, 0) is 37.3 Å². The number of carbonyl (C=O) groups excluding carboxylic acids is 2. The van der Waals surface area contributed by atoms with Crippen LogP contribution in [0.4, 0.5) is 0 Å². The van der Waals surface area contributed by atoms with Gasteiger partial charge in [-0.1, -0.05) is 24.0 Å². The van der Waals surface area contributed by atoms with E-state index in [4.69, 9.17) is 4.74 Å². The Morgan fingerprint density at radius 3 is 2.81 bits per heavy atom. The van der Waals surface area contributed by atoms with Crippen molar-refractivity contribution in [1.29, 1.82) is 0 Å². The number of hydrogen-bond acceptors (Lipinski definition) is 6. The molecule has 2 aromatic heterocycles. The lowest BCUT2D eigenvalue weighted by molar-refractivity contribution is -0.137. The van der Waals surface area contributed by atoms with Crippen LogP contribution in [0.2, 0.25) is 0 Å². The maximum atomic E-state index is 12.4. The van der Waals surface area contributed by atoms with E-state index in [0.717, 1.165) is 5.56 Å². The Bertz CT molecular complexity index is 1230. The third kappa shape index (κ3) is 4.24. The standard InChI is InChI=1S/C24H22N4O4/c1-3-32-22(29)21-16-19(28-12-5-11-25-28)15-20(26-21)18-7-4-6-17(14-18)8-9-24(31)10-13-27(2)23(24)30/h4-7,11-12,14-16,31H,3,10,13H2,1-2H3. The zero-order chi connectivity index (χ0) is 22.7.